The van der Waals surface area contributed by atoms with Crippen LogP contribution in [0.3, 0.4) is 0 Å². The highest BCUT2D eigenvalue weighted by Gasteiger charge is 2.11. The van der Waals surface area contributed by atoms with Gasteiger partial charge in [-0.15, -0.1) is 0 Å². The molecule has 1 aromatic carbocycles. The maximum absolute atomic E-state index is 5.87. The van der Waals surface area contributed by atoms with Crippen LogP contribution in [0.25, 0.3) is 0 Å². The van der Waals surface area contributed by atoms with Crippen molar-refractivity contribution in [2.75, 3.05) is 44.4 Å². The van der Waals surface area contributed by atoms with Gasteiger partial charge in [0, 0.05) is 12.6 Å². The summed E-state index contributed by atoms with van der Waals surface area (Å²) in [5.74, 6) is 1.98. The number of benzene rings is 1. The molecule has 1 aromatic heterocycles. The van der Waals surface area contributed by atoms with Crippen molar-refractivity contribution in [1.82, 2.24) is 14.9 Å². The highest BCUT2D eigenvalue weighted by molar-refractivity contribution is 6.32. The van der Waals surface area contributed by atoms with E-state index in [-0.39, 0.29) is 5.82 Å². The van der Waals surface area contributed by atoms with Crippen molar-refractivity contribution in [2.24, 2.45) is 0 Å². The molecule has 2 heterocycles. The van der Waals surface area contributed by atoms with Gasteiger partial charge >= 0.3 is 0 Å². The maximum Gasteiger partial charge on any atom is 0.229 e. The molecule has 1 aliphatic heterocycles. The van der Waals surface area contributed by atoms with Crippen molar-refractivity contribution in [3.63, 3.8) is 0 Å². The number of ether oxygens (including phenoxy) is 2. The summed E-state index contributed by atoms with van der Waals surface area (Å²) in [4.78, 5) is 10.6. The molecule has 3 rings (SSSR count). The van der Waals surface area contributed by atoms with Gasteiger partial charge in [0.05, 0.1) is 19.0 Å². The van der Waals surface area contributed by atoms with Crippen LogP contribution in [0.1, 0.15) is 19.3 Å². The molecule has 0 unspecified atom stereocenters. The third-order valence-corrected chi connectivity index (χ3v) is 4.61. The summed E-state index contributed by atoms with van der Waals surface area (Å²) in [6, 6.07) is 5.60. The number of piperidine rings is 1. The number of anilines is 3. The second kappa shape index (κ2) is 8.91. The lowest BCUT2D eigenvalue weighted by atomic mass is 10.1. The molecule has 7 nitrogen and oxygen atoms in total. The molecule has 140 valence electrons. The molecule has 1 aliphatic rings. The predicted octanol–water partition coefficient (Wildman–Crippen LogP) is 3.33. The van der Waals surface area contributed by atoms with Crippen LogP contribution >= 0.6 is 11.6 Å². The summed E-state index contributed by atoms with van der Waals surface area (Å²) < 4.78 is 11.3. The average molecular weight is 378 g/mol. The first-order valence-corrected chi connectivity index (χ1v) is 9.12. The first-order chi connectivity index (χ1) is 12.7. The minimum absolute atomic E-state index is 0.223. The van der Waals surface area contributed by atoms with Crippen molar-refractivity contribution in [3.8, 4) is 11.5 Å². The van der Waals surface area contributed by atoms with Crippen LogP contribution in [0.4, 0.5) is 17.5 Å². The molecular weight excluding hydrogens is 354 g/mol. The van der Waals surface area contributed by atoms with E-state index in [9.17, 15) is 0 Å². The second-order valence-corrected chi connectivity index (χ2v) is 6.57. The fraction of sp³-hybridized carbons (Fsp3) is 0.444. The highest BCUT2D eigenvalue weighted by Crippen LogP contribution is 2.31. The lowest BCUT2D eigenvalue weighted by Gasteiger charge is -2.26. The Morgan fingerprint density at radius 1 is 1.27 bits per heavy atom. The van der Waals surface area contributed by atoms with Crippen molar-refractivity contribution >= 4 is 29.1 Å². The van der Waals surface area contributed by atoms with Gasteiger partial charge in [-0.1, -0.05) is 18.0 Å². The van der Waals surface area contributed by atoms with Crippen LogP contribution < -0.4 is 20.5 Å². The number of nitrogens with two attached hydrogens (primary N) is 1. The molecule has 26 heavy (non-hydrogen) atoms. The number of nitrogens with one attached hydrogen (secondary N) is 1. The largest absolute Gasteiger partial charge is 0.494 e. The summed E-state index contributed by atoms with van der Waals surface area (Å²) >= 11 is 5.85. The smallest absolute Gasteiger partial charge is 0.229 e. The van der Waals surface area contributed by atoms with E-state index in [0.717, 1.165) is 18.0 Å². The lowest BCUT2D eigenvalue weighted by Crippen LogP contribution is -2.33. The van der Waals surface area contributed by atoms with Crippen LogP contribution in [-0.2, 0) is 0 Å². The number of rotatable bonds is 7. The second-order valence-electron chi connectivity index (χ2n) is 6.16. The summed E-state index contributed by atoms with van der Waals surface area (Å²) in [6.45, 7) is 3.94. The molecule has 1 fully saturated rings. The topological polar surface area (TPSA) is 85.5 Å². The van der Waals surface area contributed by atoms with Crippen LogP contribution in [0.2, 0.25) is 5.02 Å². The molecule has 0 amide bonds. The third-order valence-electron chi connectivity index (χ3n) is 4.32. The zero-order valence-electron chi connectivity index (χ0n) is 14.9. The Labute approximate surface area is 158 Å². The van der Waals surface area contributed by atoms with Gasteiger partial charge in [-0.3, -0.25) is 4.90 Å². The number of nitrogens with zero attached hydrogens (tertiary/aromatic N) is 3. The molecule has 0 spiro atoms. The Morgan fingerprint density at radius 3 is 2.81 bits per heavy atom. The van der Waals surface area contributed by atoms with E-state index in [4.69, 9.17) is 26.8 Å². The molecule has 8 heteroatoms. The number of methoxy groups -OCH3 is 1. The predicted molar refractivity (Wildman–Crippen MR) is 104 cm³/mol. The summed E-state index contributed by atoms with van der Waals surface area (Å²) in [5, 5.41) is 3.40. The average Bonchev–Trinajstić information content (AvgIpc) is 2.66. The summed E-state index contributed by atoms with van der Waals surface area (Å²) in [7, 11) is 1.61. The van der Waals surface area contributed by atoms with Gasteiger partial charge in [0.25, 0.3) is 0 Å². The van der Waals surface area contributed by atoms with Crippen molar-refractivity contribution < 1.29 is 9.47 Å². The van der Waals surface area contributed by atoms with Gasteiger partial charge in [0.2, 0.25) is 5.95 Å². The first-order valence-electron chi connectivity index (χ1n) is 8.74. The molecular formula is C18H24ClN5O2. The van der Waals surface area contributed by atoms with Crippen LogP contribution in [-0.4, -0.2) is 48.2 Å². The van der Waals surface area contributed by atoms with Crippen LogP contribution in [0.5, 0.6) is 11.5 Å². The Hall–Kier alpha value is -2.25. The van der Waals surface area contributed by atoms with E-state index in [0.29, 0.717) is 23.3 Å². The van der Waals surface area contributed by atoms with E-state index in [1.807, 2.05) is 18.2 Å². The number of aromatic nitrogens is 2. The van der Waals surface area contributed by atoms with E-state index >= 15 is 0 Å². The minimum atomic E-state index is 0.223. The quantitative estimate of drug-likeness (QED) is 0.765. The Balaban J connectivity index is 1.60. The standard InChI is InChI=1S/C18H24ClN5O2/c1-25-16-11-13(26-10-9-24-7-3-2-4-8-24)5-6-15(16)22-18-21-12-14(19)17(20)23-18/h5-6,11-12H,2-4,7-10H2,1H3,(H3,20,21,22,23). The Bertz CT molecular complexity index is 738. The number of hydrogen-bond donors (Lipinski definition) is 2. The van der Waals surface area contributed by atoms with Crippen LogP contribution in [0.15, 0.2) is 24.4 Å². The third kappa shape index (κ3) is 4.89. The van der Waals surface area contributed by atoms with Gasteiger partial charge in [0.1, 0.15) is 28.9 Å². The molecule has 0 atom stereocenters. The maximum atomic E-state index is 5.87. The fourth-order valence-electron chi connectivity index (χ4n) is 2.90. The number of likely N-dealkylation sites (tertiary alicyclic amines) is 1. The monoisotopic (exact) mass is 377 g/mol. The summed E-state index contributed by atoms with van der Waals surface area (Å²) in [6.07, 6.45) is 5.36. The minimum Gasteiger partial charge on any atom is -0.494 e. The van der Waals surface area contributed by atoms with E-state index in [1.54, 1.807) is 7.11 Å². The van der Waals surface area contributed by atoms with E-state index in [1.165, 1.54) is 38.5 Å². The van der Waals surface area contributed by atoms with Gasteiger partial charge in [-0.05, 0) is 38.1 Å². The molecule has 3 N–H and O–H groups in total. The zero-order chi connectivity index (χ0) is 18.4. The van der Waals surface area contributed by atoms with Gasteiger partial charge in [-0.25, -0.2) is 4.98 Å². The van der Waals surface area contributed by atoms with Crippen molar-refractivity contribution in [1.29, 1.82) is 0 Å². The zero-order valence-corrected chi connectivity index (χ0v) is 15.6. The SMILES string of the molecule is COc1cc(OCCN2CCCCC2)ccc1Nc1ncc(Cl)c(N)n1. The lowest BCUT2D eigenvalue weighted by molar-refractivity contribution is 0.183. The number of hydrogen-bond acceptors (Lipinski definition) is 7. The normalized spacial score (nSPS) is 14.8. The van der Waals surface area contributed by atoms with E-state index < -0.39 is 0 Å². The van der Waals surface area contributed by atoms with Crippen LogP contribution in [0, 0.1) is 0 Å². The van der Waals surface area contributed by atoms with Gasteiger partial charge < -0.3 is 20.5 Å². The van der Waals surface area contributed by atoms with Gasteiger partial charge in [0.15, 0.2) is 0 Å². The summed E-state index contributed by atoms with van der Waals surface area (Å²) in [5.41, 5.74) is 6.43. The molecule has 1 saturated heterocycles. The Morgan fingerprint density at radius 2 is 2.08 bits per heavy atom. The van der Waals surface area contributed by atoms with Crippen molar-refractivity contribution in [3.05, 3.63) is 29.4 Å². The molecule has 0 bridgehead atoms. The molecule has 0 aliphatic carbocycles. The van der Waals surface area contributed by atoms with E-state index in [2.05, 4.69) is 20.2 Å². The first kappa shape index (κ1) is 18.5. The van der Waals surface area contributed by atoms with Gasteiger partial charge in [-0.2, -0.15) is 4.98 Å². The Kier molecular flexibility index (Phi) is 6.35. The number of nitrogen functional groups attached to an aromatic ring is 1. The fourth-order valence-corrected chi connectivity index (χ4v) is 2.99. The highest BCUT2D eigenvalue weighted by atomic mass is 35.5. The number of halogens is 1. The molecule has 0 radical (unpaired) electrons. The van der Waals surface area contributed by atoms with Crippen molar-refractivity contribution in [2.45, 2.75) is 19.3 Å². The molecule has 2 aromatic rings. The molecule has 0 saturated carbocycles.